The van der Waals surface area contributed by atoms with Crippen LogP contribution in [-0.4, -0.2) is 92.9 Å². The van der Waals surface area contributed by atoms with Gasteiger partial charge in [0.15, 0.2) is 12.3 Å². The summed E-state index contributed by atoms with van der Waals surface area (Å²) >= 11 is 0. The van der Waals surface area contributed by atoms with Crippen molar-refractivity contribution in [1.29, 1.82) is 0 Å². The molecule has 0 saturated carbocycles. The zero-order valence-electron chi connectivity index (χ0n) is 31.1. The molecule has 288 valence electrons. The molecular formula is C43H48N4O8. The molecule has 2 aliphatic heterocycles. The van der Waals surface area contributed by atoms with Crippen molar-refractivity contribution >= 4 is 23.8 Å². The predicted molar refractivity (Wildman–Crippen MR) is 204 cm³/mol. The molecular weight excluding hydrogens is 700 g/mol. The number of piperazine rings is 1. The van der Waals surface area contributed by atoms with Gasteiger partial charge in [-0.25, -0.2) is 4.79 Å². The Labute approximate surface area is 321 Å². The van der Waals surface area contributed by atoms with Crippen molar-refractivity contribution < 1.29 is 39.0 Å². The van der Waals surface area contributed by atoms with Gasteiger partial charge in [0.1, 0.15) is 23.6 Å². The van der Waals surface area contributed by atoms with Gasteiger partial charge in [-0.3, -0.25) is 19.2 Å². The van der Waals surface area contributed by atoms with E-state index in [2.05, 4.69) is 5.32 Å². The molecule has 0 radical (unpaired) electrons. The fraction of sp³-hybridized carbons (Fsp3) is 0.349. The maximum atomic E-state index is 14.9. The van der Waals surface area contributed by atoms with Gasteiger partial charge in [-0.2, -0.15) is 5.06 Å². The summed E-state index contributed by atoms with van der Waals surface area (Å²) in [4.78, 5) is 66.6. The van der Waals surface area contributed by atoms with E-state index in [9.17, 15) is 29.4 Å². The van der Waals surface area contributed by atoms with Crippen LogP contribution in [0.3, 0.4) is 0 Å². The van der Waals surface area contributed by atoms with E-state index >= 15 is 0 Å². The van der Waals surface area contributed by atoms with Crippen molar-refractivity contribution in [2.75, 3.05) is 19.7 Å². The Morgan fingerprint density at radius 2 is 1.36 bits per heavy atom. The summed E-state index contributed by atoms with van der Waals surface area (Å²) in [5.41, 5.74) is 3.39. The highest BCUT2D eigenvalue weighted by molar-refractivity contribution is 5.95. The van der Waals surface area contributed by atoms with Crippen LogP contribution in [0.5, 0.6) is 11.5 Å². The van der Waals surface area contributed by atoms with Crippen LogP contribution in [0, 0.1) is 5.92 Å². The van der Waals surface area contributed by atoms with Gasteiger partial charge < -0.3 is 30.1 Å². The van der Waals surface area contributed by atoms with Crippen molar-refractivity contribution in [1.82, 2.24) is 20.2 Å². The third-order valence-electron chi connectivity index (χ3n) is 9.92. The molecule has 0 bridgehead atoms. The number of nitrogens with zero attached hydrogens (tertiary/aromatic N) is 3. The predicted octanol–water partition coefficient (Wildman–Crippen LogP) is 5.02. The minimum Gasteiger partial charge on any atom is -0.508 e. The zero-order chi connectivity index (χ0) is 38.9. The minimum atomic E-state index is -1.12. The van der Waals surface area contributed by atoms with E-state index in [1.54, 1.807) is 36.4 Å². The van der Waals surface area contributed by atoms with E-state index in [1.165, 1.54) is 21.9 Å². The summed E-state index contributed by atoms with van der Waals surface area (Å²) in [6.07, 6.45) is -1.55. The second-order valence-corrected chi connectivity index (χ2v) is 14.4. The van der Waals surface area contributed by atoms with Gasteiger partial charge in [-0.15, -0.1) is 0 Å². The number of phenolic OH excluding ortho intramolecular Hbond substituents is 2. The number of amides is 4. The van der Waals surface area contributed by atoms with Crippen molar-refractivity contribution in [3.63, 3.8) is 0 Å². The second-order valence-electron chi connectivity index (χ2n) is 14.4. The van der Waals surface area contributed by atoms with Crippen LogP contribution in [0.25, 0.3) is 0 Å². The lowest BCUT2D eigenvalue weighted by Crippen LogP contribution is -2.75. The monoisotopic (exact) mass is 748 g/mol. The second kappa shape index (κ2) is 18.0. The summed E-state index contributed by atoms with van der Waals surface area (Å²) in [5.74, 6) is -1.06. The van der Waals surface area contributed by atoms with E-state index in [-0.39, 0.29) is 55.7 Å². The molecule has 3 N–H and O–H groups in total. The first-order valence-corrected chi connectivity index (χ1v) is 18.7. The molecule has 2 saturated heterocycles. The Bertz CT molecular complexity index is 1910. The fourth-order valence-electron chi connectivity index (χ4n) is 7.09. The molecule has 1 unspecified atom stereocenters. The zero-order valence-corrected chi connectivity index (χ0v) is 31.1. The molecule has 2 aliphatic rings. The number of hydroxylamine groups is 2. The Kier molecular flexibility index (Phi) is 12.7. The number of carbonyl (C=O) groups excluding carboxylic acids is 4. The standard InChI is InChI=1S/C43H48N4O8/c1-29(2)25-38-42(52)46-37(27-33-15-19-35(49)20-16-33)41(51)45(28-39(46)47(55-38)43(53)54-24-22-31-13-17-34(48)18-14-31)36(26-32-11-7-4-8-12-32)40(50)44-23-21-30-9-5-3-6-10-30/h3-20,29,36-39,48-49H,21-28H2,1-2H3,(H,44,50)/t36-,37-,38+,39?/m0/s1. The normalized spacial score (nSPS) is 18.9. The molecule has 0 spiro atoms. The molecule has 12 nitrogen and oxygen atoms in total. The van der Waals surface area contributed by atoms with Crippen LogP contribution >= 0.6 is 0 Å². The number of benzene rings is 4. The molecule has 0 aromatic heterocycles. The third kappa shape index (κ3) is 9.81. The molecule has 55 heavy (non-hydrogen) atoms. The number of rotatable bonds is 14. The van der Waals surface area contributed by atoms with Crippen LogP contribution in [0.2, 0.25) is 0 Å². The number of ether oxygens (including phenoxy) is 1. The Balaban J connectivity index is 1.34. The Morgan fingerprint density at radius 1 is 0.782 bits per heavy atom. The number of fused-ring (bicyclic) bond motifs is 1. The topological polar surface area (TPSA) is 149 Å². The molecule has 4 amide bonds. The van der Waals surface area contributed by atoms with E-state index in [4.69, 9.17) is 9.57 Å². The molecule has 6 rings (SSSR count). The van der Waals surface area contributed by atoms with Gasteiger partial charge in [0, 0.05) is 25.8 Å². The number of hydrogen-bond donors (Lipinski definition) is 3. The van der Waals surface area contributed by atoms with E-state index < -0.39 is 42.3 Å². The van der Waals surface area contributed by atoms with Crippen LogP contribution in [0.4, 0.5) is 4.79 Å². The Morgan fingerprint density at radius 3 is 1.98 bits per heavy atom. The van der Waals surface area contributed by atoms with Gasteiger partial charge in [0.05, 0.1) is 13.2 Å². The molecule has 2 fully saturated rings. The van der Waals surface area contributed by atoms with Gasteiger partial charge in [-0.05, 0) is 65.3 Å². The number of aromatic hydroxyl groups is 2. The average molecular weight is 749 g/mol. The third-order valence-corrected chi connectivity index (χ3v) is 9.92. The molecule has 4 aromatic rings. The molecule has 4 aromatic carbocycles. The lowest BCUT2D eigenvalue weighted by molar-refractivity contribution is -0.269. The van der Waals surface area contributed by atoms with Crippen molar-refractivity contribution in [3.05, 3.63) is 131 Å². The summed E-state index contributed by atoms with van der Waals surface area (Å²) in [7, 11) is 0. The van der Waals surface area contributed by atoms with E-state index in [1.807, 2.05) is 74.5 Å². The summed E-state index contributed by atoms with van der Waals surface area (Å²) in [6, 6.07) is 30.0. The number of nitrogens with one attached hydrogen (secondary N) is 1. The van der Waals surface area contributed by atoms with Gasteiger partial charge >= 0.3 is 6.09 Å². The van der Waals surface area contributed by atoms with Gasteiger partial charge in [-0.1, -0.05) is 98.8 Å². The van der Waals surface area contributed by atoms with Crippen LogP contribution in [0.1, 0.15) is 42.5 Å². The lowest BCUT2D eigenvalue weighted by atomic mass is 9.94. The SMILES string of the molecule is CC(C)C[C@H]1ON(C(=O)OCCc2ccc(O)cc2)C2CN([C@@H](Cc3ccccc3)C(=O)NCCc3ccccc3)C(=O)[C@H](Cc3ccc(O)cc3)N2C1=O. The summed E-state index contributed by atoms with van der Waals surface area (Å²) < 4.78 is 5.73. The highest BCUT2D eigenvalue weighted by atomic mass is 16.7. The number of hydrogen-bond acceptors (Lipinski definition) is 8. The maximum absolute atomic E-state index is 14.9. The maximum Gasteiger partial charge on any atom is 0.436 e. The highest BCUT2D eigenvalue weighted by Gasteiger charge is 2.55. The molecule has 0 aliphatic carbocycles. The minimum absolute atomic E-state index is 0.0141. The van der Waals surface area contributed by atoms with Crippen molar-refractivity contribution in [3.8, 4) is 11.5 Å². The Hall–Kier alpha value is -5.88. The first-order valence-electron chi connectivity index (χ1n) is 18.7. The lowest BCUT2D eigenvalue weighted by Gasteiger charge is -2.53. The van der Waals surface area contributed by atoms with Crippen LogP contribution < -0.4 is 5.32 Å². The molecule has 4 atom stereocenters. The van der Waals surface area contributed by atoms with E-state index in [0.29, 0.717) is 24.9 Å². The summed E-state index contributed by atoms with van der Waals surface area (Å²) in [6.45, 7) is 3.98. The highest BCUT2D eigenvalue weighted by Crippen LogP contribution is 2.33. The largest absolute Gasteiger partial charge is 0.508 e. The van der Waals surface area contributed by atoms with Crippen molar-refractivity contribution in [2.45, 2.75) is 70.3 Å². The van der Waals surface area contributed by atoms with E-state index in [0.717, 1.165) is 21.8 Å². The molecule has 2 heterocycles. The first kappa shape index (κ1) is 38.8. The van der Waals surface area contributed by atoms with Crippen LogP contribution in [0.15, 0.2) is 109 Å². The van der Waals surface area contributed by atoms with Gasteiger partial charge in [0.2, 0.25) is 11.8 Å². The first-order chi connectivity index (χ1) is 26.6. The number of phenols is 2. The smallest absolute Gasteiger partial charge is 0.436 e. The van der Waals surface area contributed by atoms with Gasteiger partial charge in [0.25, 0.3) is 5.91 Å². The molecule has 12 heteroatoms. The number of carbonyl (C=O) groups is 4. The summed E-state index contributed by atoms with van der Waals surface area (Å²) in [5, 5.41) is 23.8. The quantitative estimate of drug-likeness (QED) is 0.163. The van der Waals surface area contributed by atoms with Crippen molar-refractivity contribution in [2.24, 2.45) is 5.92 Å². The van der Waals surface area contributed by atoms with Crippen LogP contribution in [-0.2, 0) is 49.6 Å². The fourth-order valence-corrected chi connectivity index (χ4v) is 7.09. The average Bonchev–Trinajstić information content (AvgIpc) is 3.18.